The van der Waals surface area contributed by atoms with Crippen LogP contribution in [0.2, 0.25) is 0 Å². The Balaban J connectivity index is 1.83. The van der Waals surface area contributed by atoms with Crippen LogP contribution in [0.1, 0.15) is 24.2 Å². The number of anilines is 1. The molecule has 2 N–H and O–H groups in total. The second kappa shape index (κ2) is 8.96. The summed E-state index contributed by atoms with van der Waals surface area (Å²) in [6, 6.07) is 9.18. The van der Waals surface area contributed by atoms with Gasteiger partial charge < -0.3 is 20.1 Å². The first kappa shape index (κ1) is 20.0. The smallest absolute Gasteiger partial charge is 0.238 e. The van der Waals surface area contributed by atoms with Crippen LogP contribution < -0.4 is 15.2 Å². The first-order valence-electron chi connectivity index (χ1n) is 8.77. The number of halogens is 1. The highest BCUT2D eigenvalue weighted by molar-refractivity contribution is 5.51. The molecule has 1 atom stereocenters. The molecule has 0 aliphatic rings. The highest BCUT2D eigenvalue weighted by Gasteiger charge is 2.22. The van der Waals surface area contributed by atoms with Gasteiger partial charge in [0.2, 0.25) is 12.3 Å². The van der Waals surface area contributed by atoms with Crippen molar-refractivity contribution in [2.24, 2.45) is 0 Å². The van der Waals surface area contributed by atoms with Crippen molar-refractivity contribution < 1.29 is 18.7 Å². The molecule has 29 heavy (non-hydrogen) atoms. The lowest BCUT2D eigenvalue weighted by atomic mass is 10.1. The Morgan fingerprint density at radius 2 is 2.14 bits per heavy atom. The average Bonchev–Trinajstić information content (AvgIpc) is 2.75. The van der Waals surface area contributed by atoms with E-state index in [0.717, 1.165) is 0 Å². The van der Waals surface area contributed by atoms with E-state index in [4.69, 9.17) is 15.2 Å². The average molecular weight is 397 g/mol. The number of benzene rings is 1. The number of aromatic nitrogens is 3. The predicted octanol–water partition coefficient (Wildman–Crippen LogP) is 3.11. The number of amides is 1. The first-order valence-corrected chi connectivity index (χ1v) is 8.77. The third-order valence-corrected chi connectivity index (χ3v) is 4.34. The van der Waals surface area contributed by atoms with Crippen molar-refractivity contribution in [2.75, 3.05) is 12.8 Å². The van der Waals surface area contributed by atoms with Gasteiger partial charge in [0.05, 0.1) is 25.0 Å². The number of nitrogen functional groups attached to an aromatic ring is 1. The summed E-state index contributed by atoms with van der Waals surface area (Å²) in [5.74, 6) is 0.583. The summed E-state index contributed by atoms with van der Waals surface area (Å²) >= 11 is 0. The molecule has 3 rings (SSSR count). The number of ether oxygens (including phenoxy) is 2. The molecule has 0 aliphatic carbocycles. The predicted molar refractivity (Wildman–Crippen MR) is 104 cm³/mol. The second-order valence-electron chi connectivity index (χ2n) is 6.20. The number of carbonyl (C=O) groups is 1. The molecule has 9 heteroatoms. The zero-order valence-electron chi connectivity index (χ0n) is 15.9. The largest absolute Gasteiger partial charge is 0.495 e. The van der Waals surface area contributed by atoms with Gasteiger partial charge in [0.25, 0.3) is 0 Å². The minimum atomic E-state index is -0.542. The van der Waals surface area contributed by atoms with Crippen molar-refractivity contribution in [3.05, 3.63) is 65.9 Å². The molecule has 0 aliphatic heterocycles. The summed E-state index contributed by atoms with van der Waals surface area (Å²) < 4.78 is 25.3. The van der Waals surface area contributed by atoms with E-state index in [-0.39, 0.29) is 12.2 Å². The highest BCUT2D eigenvalue weighted by Crippen LogP contribution is 2.32. The molecule has 1 amide bonds. The minimum absolute atomic E-state index is 0.0298. The number of nitrogens with two attached hydrogens (primary N) is 1. The van der Waals surface area contributed by atoms with Crippen molar-refractivity contribution in [2.45, 2.75) is 19.5 Å². The fourth-order valence-corrected chi connectivity index (χ4v) is 2.77. The molecule has 0 fully saturated rings. The Morgan fingerprint density at radius 3 is 2.83 bits per heavy atom. The van der Waals surface area contributed by atoms with Gasteiger partial charge in [-0.05, 0) is 19.1 Å². The van der Waals surface area contributed by atoms with Crippen LogP contribution in [0.4, 0.5) is 10.1 Å². The van der Waals surface area contributed by atoms with Crippen LogP contribution in [0.25, 0.3) is 0 Å². The fourth-order valence-electron chi connectivity index (χ4n) is 2.77. The van der Waals surface area contributed by atoms with Crippen LogP contribution in [0.3, 0.4) is 0 Å². The third kappa shape index (κ3) is 4.57. The van der Waals surface area contributed by atoms with Crippen LogP contribution in [0.15, 0.2) is 48.8 Å². The van der Waals surface area contributed by atoms with Gasteiger partial charge in [-0.25, -0.2) is 4.39 Å². The van der Waals surface area contributed by atoms with Gasteiger partial charge in [0.15, 0.2) is 11.6 Å². The maximum Gasteiger partial charge on any atom is 0.238 e. The lowest BCUT2D eigenvalue weighted by Gasteiger charge is -2.26. The summed E-state index contributed by atoms with van der Waals surface area (Å²) in [5, 5.41) is 7.59. The summed E-state index contributed by atoms with van der Waals surface area (Å²) in [4.78, 5) is 17.5. The highest BCUT2D eigenvalue weighted by atomic mass is 19.1. The molecule has 1 aromatic carbocycles. The van der Waals surface area contributed by atoms with Gasteiger partial charge in [0.1, 0.15) is 11.4 Å². The summed E-state index contributed by atoms with van der Waals surface area (Å²) in [7, 11) is 1.49. The van der Waals surface area contributed by atoms with E-state index in [0.29, 0.717) is 35.0 Å². The normalized spacial score (nSPS) is 11.6. The Hall–Kier alpha value is -3.75. The van der Waals surface area contributed by atoms with Crippen LogP contribution in [0, 0.1) is 5.82 Å². The SMILES string of the molecule is COc1cc(Oc2cccnn2)cnc1C(C)N(C=O)Cc1cccc(N)c1F. The Labute approximate surface area is 167 Å². The van der Waals surface area contributed by atoms with E-state index in [1.165, 1.54) is 30.5 Å². The lowest BCUT2D eigenvalue weighted by Crippen LogP contribution is -2.26. The standard InChI is InChI=1S/C20H20FN5O3/c1-13(26(12-27)11-14-5-3-6-16(22)19(14)21)20-17(28-2)9-15(10-23-20)29-18-7-4-8-24-25-18/h3-10,12-13H,11,22H2,1-2H3. The molecular weight excluding hydrogens is 377 g/mol. The van der Waals surface area contributed by atoms with Crippen molar-refractivity contribution in [1.82, 2.24) is 20.1 Å². The monoisotopic (exact) mass is 397 g/mol. The quantitative estimate of drug-likeness (QED) is 0.460. The van der Waals surface area contributed by atoms with Gasteiger partial charge in [-0.2, -0.15) is 5.10 Å². The van der Waals surface area contributed by atoms with Crippen molar-refractivity contribution in [3.63, 3.8) is 0 Å². The van der Waals surface area contributed by atoms with Crippen molar-refractivity contribution in [1.29, 1.82) is 0 Å². The molecule has 150 valence electrons. The molecule has 0 bridgehead atoms. The molecular formula is C20H20FN5O3. The van der Waals surface area contributed by atoms with E-state index in [9.17, 15) is 9.18 Å². The minimum Gasteiger partial charge on any atom is -0.495 e. The van der Waals surface area contributed by atoms with E-state index >= 15 is 0 Å². The summed E-state index contributed by atoms with van der Waals surface area (Å²) in [6.07, 6.45) is 3.67. The lowest BCUT2D eigenvalue weighted by molar-refractivity contribution is -0.120. The Bertz CT molecular complexity index is 987. The zero-order valence-corrected chi connectivity index (χ0v) is 15.9. The summed E-state index contributed by atoms with van der Waals surface area (Å²) in [6.45, 7) is 1.80. The Morgan fingerprint density at radius 1 is 1.31 bits per heavy atom. The van der Waals surface area contributed by atoms with Crippen LogP contribution in [0.5, 0.6) is 17.4 Å². The zero-order chi connectivity index (χ0) is 20.8. The molecule has 0 saturated carbocycles. The number of rotatable bonds is 8. The Kier molecular flexibility index (Phi) is 6.18. The van der Waals surface area contributed by atoms with E-state index in [2.05, 4.69) is 15.2 Å². The molecule has 3 aromatic rings. The van der Waals surface area contributed by atoms with E-state index in [1.54, 1.807) is 37.3 Å². The molecule has 2 heterocycles. The van der Waals surface area contributed by atoms with Crippen LogP contribution in [-0.4, -0.2) is 33.6 Å². The van der Waals surface area contributed by atoms with E-state index in [1.807, 2.05) is 0 Å². The first-order chi connectivity index (χ1) is 14.0. The van der Waals surface area contributed by atoms with Crippen molar-refractivity contribution >= 4 is 12.1 Å². The van der Waals surface area contributed by atoms with Crippen LogP contribution >= 0.6 is 0 Å². The van der Waals surface area contributed by atoms with Gasteiger partial charge in [-0.15, -0.1) is 5.10 Å². The molecule has 0 saturated heterocycles. The van der Waals surface area contributed by atoms with Gasteiger partial charge in [-0.3, -0.25) is 9.78 Å². The molecule has 0 spiro atoms. The second-order valence-corrected chi connectivity index (χ2v) is 6.20. The fraction of sp³-hybridized carbons (Fsp3) is 0.200. The number of nitrogens with zero attached hydrogens (tertiary/aromatic N) is 4. The maximum absolute atomic E-state index is 14.2. The summed E-state index contributed by atoms with van der Waals surface area (Å²) in [5.41, 5.74) is 6.45. The maximum atomic E-state index is 14.2. The van der Waals surface area contributed by atoms with E-state index < -0.39 is 11.9 Å². The topological polar surface area (TPSA) is 103 Å². The van der Waals surface area contributed by atoms with Gasteiger partial charge in [0, 0.05) is 30.4 Å². The van der Waals surface area contributed by atoms with Crippen molar-refractivity contribution in [3.8, 4) is 17.4 Å². The third-order valence-electron chi connectivity index (χ3n) is 4.34. The number of hydrogen-bond donors (Lipinski definition) is 1. The van der Waals surface area contributed by atoms with Crippen LogP contribution in [-0.2, 0) is 11.3 Å². The number of carbonyl (C=O) groups excluding carboxylic acids is 1. The molecule has 0 radical (unpaired) electrons. The number of methoxy groups -OCH3 is 1. The number of hydrogen-bond acceptors (Lipinski definition) is 7. The molecule has 8 nitrogen and oxygen atoms in total. The van der Waals surface area contributed by atoms with Gasteiger partial charge >= 0.3 is 0 Å². The molecule has 2 aromatic heterocycles. The number of pyridine rings is 1. The molecule has 1 unspecified atom stereocenters. The van der Waals surface area contributed by atoms with Gasteiger partial charge in [-0.1, -0.05) is 12.1 Å².